The van der Waals surface area contributed by atoms with Gasteiger partial charge in [-0.1, -0.05) is 6.58 Å². The average molecular weight is 208 g/mol. The van der Waals surface area contributed by atoms with Gasteiger partial charge < -0.3 is 14.6 Å². The Hall–Kier alpha value is -1.97. The van der Waals surface area contributed by atoms with E-state index >= 15 is 0 Å². The second-order valence-electron chi connectivity index (χ2n) is 2.69. The molecule has 1 aromatic carbocycles. The van der Waals surface area contributed by atoms with E-state index in [1.807, 2.05) is 6.92 Å². The fraction of sp³-hybridized carbons (Fsp3) is 0.182. The zero-order chi connectivity index (χ0) is 11.3. The molecule has 4 nitrogen and oxygen atoms in total. The van der Waals surface area contributed by atoms with Crippen LogP contribution in [0.3, 0.4) is 0 Å². The number of aromatic hydroxyl groups is 1. The highest BCUT2D eigenvalue weighted by Crippen LogP contribution is 2.30. The molecule has 1 aromatic rings. The first-order chi connectivity index (χ1) is 7.17. The fourth-order valence-electron chi connectivity index (χ4n) is 0.990. The van der Waals surface area contributed by atoms with Crippen molar-refractivity contribution in [3.05, 3.63) is 30.9 Å². The van der Waals surface area contributed by atoms with Crippen LogP contribution in [-0.2, 0) is 4.79 Å². The fourth-order valence-corrected chi connectivity index (χ4v) is 0.990. The lowest BCUT2D eigenvalue weighted by atomic mass is 10.3. The SMILES string of the molecule is C=CC(=O)Oc1ccc(OCC)cc1O. The lowest BCUT2D eigenvalue weighted by molar-refractivity contribution is -0.129. The minimum absolute atomic E-state index is 0.0864. The van der Waals surface area contributed by atoms with Crippen molar-refractivity contribution in [3.63, 3.8) is 0 Å². The molecule has 0 spiro atoms. The standard InChI is InChI=1S/C11H12O4/c1-3-11(13)15-10-6-5-8(14-4-2)7-9(10)12/h3,5-7,12H,1,4H2,2H3. The van der Waals surface area contributed by atoms with E-state index in [0.29, 0.717) is 12.4 Å². The third-order valence-electron chi connectivity index (χ3n) is 1.62. The molecule has 15 heavy (non-hydrogen) atoms. The van der Waals surface area contributed by atoms with Crippen LogP contribution in [0.5, 0.6) is 17.2 Å². The quantitative estimate of drug-likeness (QED) is 0.466. The Balaban J connectivity index is 2.83. The van der Waals surface area contributed by atoms with Gasteiger partial charge in [-0.25, -0.2) is 4.79 Å². The number of carbonyl (C=O) groups excluding carboxylic acids is 1. The van der Waals surface area contributed by atoms with Crippen molar-refractivity contribution in [2.45, 2.75) is 6.92 Å². The van der Waals surface area contributed by atoms with Crippen LogP contribution in [0.15, 0.2) is 30.9 Å². The first kappa shape index (κ1) is 11.1. The molecule has 0 saturated heterocycles. The van der Waals surface area contributed by atoms with Gasteiger partial charge in [0.2, 0.25) is 0 Å². The number of esters is 1. The number of phenols is 1. The largest absolute Gasteiger partial charge is 0.504 e. The van der Waals surface area contributed by atoms with Crippen molar-refractivity contribution in [3.8, 4) is 17.2 Å². The molecule has 0 amide bonds. The van der Waals surface area contributed by atoms with Gasteiger partial charge in [0, 0.05) is 12.1 Å². The molecule has 0 heterocycles. The van der Waals surface area contributed by atoms with Crippen LogP contribution in [0, 0.1) is 0 Å². The average Bonchev–Trinajstić information content (AvgIpc) is 2.22. The predicted molar refractivity (Wildman–Crippen MR) is 55.1 cm³/mol. The van der Waals surface area contributed by atoms with Crippen molar-refractivity contribution in [1.82, 2.24) is 0 Å². The van der Waals surface area contributed by atoms with Crippen LogP contribution < -0.4 is 9.47 Å². The highest BCUT2D eigenvalue weighted by molar-refractivity contribution is 5.83. The van der Waals surface area contributed by atoms with E-state index in [4.69, 9.17) is 9.47 Å². The molecular weight excluding hydrogens is 196 g/mol. The lowest BCUT2D eigenvalue weighted by Crippen LogP contribution is -2.03. The molecule has 0 aliphatic rings. The predicted octanol–water partition coefficient (Wildman–Crippen LogP) is 1.88. The summed E-state index contributed by atoms with van der Waals surface area (Å²) < 4.78 is 9.92. The molecule has 80 valence electrons. The smallest absolute Gasteiger partial charge is 0.335 e. The van der Waals surface area contributed by atoms with Crippen molar-refractivity contribution < 1.29 is 19.4 Å². The monoisotopic (exact) mass is 208 g/mol. The first-order valence-electron chi connectivity index (χ1n) is 4.47. The number of rotatable bonds is 4. The van der Waals surface area contributed by atoms with Gasteiger partial charge in [-0.05, 0) is 19.1 Å². The van der Waals surface area contributed by atoms with Gasteiger partial charge in [0.25, 0.3) is 0 Å². The molecule has 0 saturated carbocycles. The molecule has 0 atom stereocenters. The molecule has 0 aromatic heterocycles. The highest BCUT2D eigenvalue weighted by Gasteiger charge is 2.07. The first-order valence-corrected chi connectivity index (χ1v) is 4.47. The summed E-state index contributed by atoms with van der Waals surface area (Å²) in [7, 11) is 0. The van der Waals surface area contributed by atoms with Gasteiger partial charge in [-0.15, -0.1) is 0 Å². The van der Waals surface area contributed by atoms with Gasteiger partial charge in [0.15, 0.2) is 11.5 Å². The highest BCUT2D eigenvalue weighted by atomic mass is 16.5. The zero-order valence-electron chi connectivity index (χ0n) is 8.40. The molecule has 0 unspecified atom stereocenters. The Morgan fingerprint density at radius 3 is 2.87 bits per heavy atom. The van der Waals surface area contributed by atoms with Crippen LogP contribution in [0.25, 0.3) is 0 Å². The zero-order valence-corrected chi connectivity index (χ0v) is 8.40. The molecule has 1 rings (SSSR count). The Labute approximate surface area is 87.7 Å². The number of benzene rings is 1. The van der Waals surface area contributed by atoms with E-state index in [0.717, 1.165) is 6.08 Å². The molecule has 0 aliphatic heterocycles. The Morgan fingerprint density at radius 2 is 2.33 bits per heavy atom. The van der Waals surface area contributed by atoms with Crippen LogP contribution in [-0.4, -0.2) is 17.7 Å². The summed E-state index contributed by atoms with van der Waals surface area (Å²) in [5, 5.41) is 9.47. The third kappa shape index (κ3) is 3.02. The normalized spacial score (nSPS) is 9.40. The molecule has 4 heteroatoms. The van der Waals surface area contributed by atoms with Gasteiger partial charge in [0.1, 0.15) is 5.75 Å². The van der Waals surface area contributed by atoms with Gasteiger partial charge >= 0.3 is 5.97 Å². The lowest BCUT2D eigenvalue weighted by Gasteiger charge is -2.07. The van der Waals surface area contributed by atoms with Gasteiger partial charge in [-0.3, -0.25) is 0 Å². The summed E-state index contributed by atoms with van der Waals surface area (Å²) in [6.07, 6.45) is 1.02. The molecule has 1 N–H and O–H groups in total. The van der Waals surface area contributed by atoms with Crippen LogP contribution in [0.1, 0.15) is 6.92 Å². The van der Waals surface area contributed by atoms with E-state index in [1.54, 1.807) is 6.07 Å². The second kappa shape index (κ2) is 5.05. The summed E-state index contributed by atoms with van der Waals surface area (Å²) in [5.41, 5.74) is 0. The van der Waals surface area contributed by atoms with E-state index in [-0.39, 0.29) is 11.5 Å². The van der Waals surface area contributed by atoms with E-state index in [1.165, 1.54) is 12.1 Å². The second-order valence-corrected chi connectivity index (χ2v) is 2.69. The topological polar surface area (TPSA) is 55.8 Å². The van der Waals surface area contributed by atoms with E-state index < -0.39 is 5.97 Å². The number of carbonyl (C=O) groups is 1. The minimum atomic E-state index is -0.616. The molecule has 0 radical (unpaired) electrons. The third-order valence-corrected chi connectivity index (χ3v) is 1.62. The molecule has 0 bridgehead atoms. The van der Waals surface area contributed by atoms with Gasteiger partial charge in [0.05, 0.1) is 6.61 Å². The molecule has 0 fully saturated rings. The van der Waals surface area contributed by atoms with Crippen molar-refractivity contribution >= 4 is 5.97 Å². The number of hydrogen-bond acceptors (Lipinski definition) is 4. The molecular formula is C11H12O4. The van der Waals surface area contributed by atoms with Crippen molar-refractivity contribution in [2.24, 2.45) is 0 Å². The molecule has 0 aliphatic carbocycles. The Bertz CT molecular complexity index is 371. The summed E-state index contributed by atoms with van der Waals surface area (Å²) in [6, 6.07) is 4.45. The van der Waals surface area contributed by atoms with E-state index in [2.05, 4.69) is 6.58 Å². The number of phenolic OH excluding ortho intramolecular Hbond substituents is 1. The Kier molecular flexibility index (Phi) is 3.74. The maximum absolute atomic E-state index is 10.9. The van der Waals surface area contributed by atoms with Crippen molar-refractivity contribution in [2.75, 3.05) is 6.61 Å². The number of hydrogen-bond donors (Lipinski definition) is 1. The van der Waals surface area contributed by atoms with Crippen LogP contribution in [0.2, 0.25) is 0 Å². The summed E-state index contributed by atoms with van der Waals surface area (Å²) >= 11 is 0. The summed E-state index contributed by atoms with van der Waals surface area (Å²) in [5.74, 6) is -0.151. The van der Waals surface area contributed by atoms with Crippen LogP contribution >= 0.6 is 0 Å². The minimum Gasteiger partial charge on any atom is -0.504 e. The summed E-state index contributed by atoms with van der Waals surface area (Å²) in [6.45, 7) is 5.59. The van der Waals surface area contributed by atoms with E-state index in [9.17, 15) is 9.90 Å². The van der Waals surface area contributed by atoms with Crippen molar-refractivity contribution in [1.29, 1.82) is 0 Å². The van der Waals surface area contributed by atoms with Crippen LogP contribution in [0.4, 0.5) is 0 Å². The maximum atomic E-state index is 10.9. The Morgan fingerprint density at radius 1 is 1.60 bits per heavy atom. The number of ether oxygens (including phenoxy) is 2. The summed E-state index contributed by atoms with van der Waals surface area (Å²) in [4.78, 5) is 10.9. The van der Waals surface area contributed by atoms with Gasteiger partial charge in [-0.2, -0.15) is 0 Å². The maximum Gasteiger partial charge on any atom is 0.335 e.